The van der Waals surface area contributed by atoms with Gasteiger partial charge in [-0.05, 0) is 47.0 Å². The molecule has 0 fully saturated rings. The summed E-state index contributed by atoms with van der Waals surface area (Å²) in [6, 6.07) is 26.3. The first-order chi connectivity index (χ1) is 20.5. The van der Waals surface area contributed by atoms with Crippen molar-refractivity contribution in [3.05, 3.63) is 131 Å². The average molecular weight is 588 g/mol. The van der Waals surface area contributed by atoms with Gasteiger partial charge in [-0.25, -0.2) is 0 Å². The third kappa shape index (κ3) is 8.49. The van der Waals surface area contributed by atoms with E-state index >= 15 is 0 Å². The number of ether oxygens (including phenoxy) is 1. The lowest BCUT2D eigenvalue weighted by Gasteiger charge is -2.11. The molecule has 4 aromatic carbocycles. The third-order valence-corrected chi connectivity index (χ3v) is 6.23. The number of amides is 1. The number of carbonyl (C=O) groups is 4. The molecule has 2 N–H and O–H groups in total. The Hall–Kier alpha value is -5.51. The van der Waals surface area contributed by atoms with E-state index in [4.69, 9.17) is 5.11 Å². The van der Waals surface area contributed by atoms with Crippen LogP contribution in [0.5, 0.6) is 5.75 Å². The van der Waals surface area contributed by atoms with Gasteiger partial charge in [0.25, 0.3) is 5.91 Å². The van der Waals surface area contributed by atoms with Gasteiger partial charge in [0, 0.05) is 28.8 Å². The van der Waals surface area contributed by atoms with Gasteiger partial charge in [0.1, 0.15) is 5.75 Å². The minimum atomic E-state index is -4.90. The summed E-state index contributed by atoms with van der Waals surface area (Å²) < 4.78 is 41.9. The van der Waals surface area contributed by atoms with Crippen LogP contribution in [0, 0.1) is 0 Å². The van der Waals surface area contributed by atoms with E-state index in [2.05, 4.69) is 10.1 Å². The van der Waals surface area contributed by atoms with Gasteiger partial charge in [0.05, 0.1) is 6.42 Å². The van der Waals surface area contributed by atoms with E-state index < -0.39 is 35.6 Å². The highest BCUT2D eigenvalue weighted by Gasteiger charge is 2.31. The van der Waals surface area contributed by atoms with Crippen LogP contribution in [0.1, 0.15) is 43.1 Å². The Bertz CT molecular complexity index is 1640. The minimum Gasteiger partial charge on any atom is -0.481 e. The van der Waals surface area contributed by atoms with E-state index in [0.29, 0.717) is 0 Å². The summed E-state index contributed by atoms with van der Waals surface area (Å²) in [5.74, 6) is -3.22. The van der Waals surface area contributed by atoms with E-state index in [9.17, 15) is 32.3 Å². The monoisotopic (exact) mass is 587 g/mol. The number of Topliss-reactive ketones (excluding diaryl/α,β-unsaturated/α-hetero) is 1. The van der Waals surface area contributed by atoms with Crippen molar-refractivity contribution in [3.63, 3.8) is 0 Å². The number of carboxylic acid groups (broad SMARTS) is 1. The number of rotatable bonds is 11. The number of aliphatic carboxylic acids is 1. The molecule has 0 aliphatic carbocycles. The van der Waals surface area contributed by atoms with Crippen molar-refractivity contribution < 1.29 is 42.2 Å². The summed E-state index contributed by atoms with van der Waals surface area (Å²) in [5.41, 5.74) is 2.48. The maximum atomic E-state index is 13.6. The maximum Gasteiger partial charge on any atom is 0.573 e. The summed E-state index contributed by atoms with van der Waals surface area (Å²) in [5, 5.41) is 11.2. The van der Waals surface area contributed by atoms with Crippen LogP contribution in [0.4, 0.5) is 13.2 Å². The summed E-state index contributed by atoms with van der Waals surface area (Å²) in [6.45, 7) is -0.0791. The van der Waals surface area contributed by atoms with Crippen molar-refractivity contribution in [2.24, 2.45) is 0 Å². The average Bonchev–Trinajstić information content (AvgIpc) is 2.99. The zero-order valence-corrected chi connectivity index (χ0v) is 22.4. The highest BCUT2D eigenvalue weighted by atomic mass is 19.4. The minimum absolute atomic E-state index is 0.0791. The predicted molar refractivity (Wildman–Crippen MR) is 153 cm³/mol. The van der Waals surface area contributed by atoms with E-state index in [1.807, 2.05) is 30.3 Å². The van der Waals surface area contributed by atoms with Crippen LogP contribution < -0.4 is 10.1 Å². The second kappa shape index (κ2) is 13.4. The fourth-order valence-electron chi connectivity index (χ4n) is 4.10. The summed E-state index contributed by atoms with van der Waals surface area (Å²) in [4.78, 5) is 49.8. The molecular formula is C33H24F3NO6. The van der Waals surface area contributed by atoms with Gasteiger partial charge in [0.2, 0.25) is 0 Å². The highest BCUT2D eigenvalue weighted by molar-refractivity contribution is 6.32. The molecule has 1 amide bonds. The van der Waals surface area contributed by atoms with Crippen molar-refractivity contribution in [1.29, 1.82) is 0 Å². The first-order valence-corrected chi connectivity index (χ1v) is 12.9. The fourth-order valence-corrected chi connectivity index (χ4v) is 4.10. The number of carboxylic acids is 1. The van der Waals surface area contributed by atoms with Crippen LogP contribution in [0.2, 0.25) is 0 Å². The Balaban J connectivity index is 1.63. The molecule has 0 unspecified atom stereocenters. The van der Waals surface area contributed by atoms with Crippen molar-refractivity contribution >= 4 is 29.0 Å². The van der Waals surface area contributed by atoms with Crippen LogP contribution >= 0.6 is 0 Å². The molecule has 10 heteroatoms. The molecule has 0 aliphatic rings. The molecule has 4 rings (SSSR count). The summed E-state index contributed by atoms with van der Waals surface area (Å²) >= 11 is 0. The van der Waals surface area contributed by atoms with E-state index in [0.717, 1.165) is 29.3 Å². The Morgan fingerprint density at radius 3 is 1.81 bits per heavy atom. The summed E-state index contributed by atoms with van der Waals surface area (Å²) in [6.07, 6.45) is -4.04. The SMILES string of the molecule is O=C(O)CCNC(=O)c1ccc(C(=O)/C(=C/C(=O)c2ccc(-c3ccccc3)cc2)c2ccc(OC(F)(F)F)cc2)cc1. The molecule has 43 heavy (non-hydrogen) atoms. The lowest BCUT2D eigenvalue weighted by atomic mass is 9.93. The molecule has 218 valence electrons. The topological polar surface area (TPSA) is 110 Å². The largest absolute Gasteiger partial charge is 0.573 e. The molecule has 0 saturated carbocycles. The zero-order chi connectivity index (χ0) is 31.0. The van der Waals surface area contributed by atoms with Crippen molar-refractivity contribution in [3.8, 4) is 16.9 Å². The normalized spacial score (nSPS) is 11.5. The number of ketones is 2. The van der Waals surface area contributed by atoms with Gasteiger partial charge in [-0.2, -0.15) is 0 Å². The number of hydrogen-bond donors (Lipinski definition) is 2. The Labute approximate surface area is 244 Å². The quantitative estimate of drug-likeness (QED) is 0.151. The van der Waals surface area contributed by atoms with Gasteiger partial charge < -0.3 is 15.2 Å². The molecule has 0 saturated heterocycles. The number of hydrogen-bond acceptors (Lipinski definition) is 5. The number of benzene rings is 4. The third-order valence-electron chi connectivity index (χ3n) is 6.23. The standard InChI is InChI=1S/C33H24F3NO6/c34-33(35,36)43-27-16-14-23(15-17-27)28(20-29(38)24-8-6-22(7-9-24)21-4-2-1-3-5-21)31(41)25-10-12-26(13-11-25)32(42)37-19-18-30(39)40/h1-17,20H,18-19H2,(H,37,42)(H,39,40)/b28-20+. The Morgan fingerprint density at radius 1 is 0.698 bits per heavy atom. The van der Waals surface area contributed by atoms with Crippen LogP contribution in [0.25, 0.3) is 16.7 Å². The first-order valence-electron chi connectivity index (χ1n) is 12.9. The van der Waals surface area contributed by atoms with E-state index in [-0.39, 0.29) is 40.8 Å². The molecule has 7 nitrogen and oxygen atoms in total. The van der Waals surface area contributed by atoms with Crippen LogP contribution in [-0.2, 0) is 4.79 Å². The van der Waals surface area contributed by atoms with Gasteiger partial charge in [0.15, 0.2) is 11.6 Å². The second-order valence-electron chi connectivity index (χ2n) is 9.24. The highest BCUT2D eigenvalue weighted by Crippen LogP contribution is 2.27. The van der Waals surface area contributed by atoms with Crippen LogP contribution in [-0.4, -0.2) is 41.5 Å². The molecule has 0 aromatic heterocycles. The molecule has 0 aliphatic heterocycles. The maximum absolute atomic E-state index is 13.6. The fraction of sp³-hybridized carbons (Fsp3) is 0.0909. The Kier molecular flexibility index (Phi) is 9.51. The van der Waals surface area contributed by atoms with Gasteiger partial charge >= 0.3 is 12.3 Å². The van der Waals surface area contributed by atoms with Crippen LogP contribution in [0.3, 0.4) is 0 Å². The van der Waals surface area contributed by atoms with Gasteiger partial charge in [-0.15, -0.1) is 13.2 Å². The van der Waals surface area contributed by atoms with Gasteiger partial charge in [-0.3, -0.25) is 19.2 Å². The van der Waals surface area contributed by atoms with Crippen molar-refractivity contribution in [1.82, 2.24) is 5.32 Å². The molecule has 0 bridgehead atoms. The van der Waals surface area contributed by atoms with Crippen molar-refractivity contribution in [2.45, 2.75) is 12.8 Å². The number of halogens is 3. The van der Waals surface area contributed by atoms with Gasteiger partial charge in [-0.1, -0.05) is 78.9 Å². The number of nitrogens with one attached hydrogen (secondary N) is 1. The number of carbonyl (C=O) groups excluding carboxylic acids is 3. The lowest BCUT2D eigenvalue weighted by molar-refractivity contribution is -0.274. The van der Waals surface area contributed by atoms with Crippen molar-refractivity contribution in [2.75, 3.05) is 6.54 Å². The smallest absolute Gasteiger partial charge is 0.481 e. The van der Waals surface area contributed by atoms with E-state index in [1.165, 1.54) is 36.4 Å². The Morgan fingerprint density at radius 2 is 1.23 bits per heavy atom. The predicted octanol–water partition coefficient (Wildman–Crippen LogP) is 6.61. The lowest BCUT2D eigenvalue weighted by Crippen LogP contribution is -2.26. The molecular weight excluding hydrogens is 563 g/mol. The number of allylic oxidation sites excluding steroid dienone is 2. The van der Waals surface area contributed by atoms with Crippen LogP contribution in [0.15, 0.2) is 109 Å². The first kappa shape index (κ1) is 30.4. The molecule has 0 atom stereocenters. The molecule has 0 radical (unpaired) electrons. The molecule has 0 heterocycles. The molecule has 0 spiro atoms. The zero-order valence-electron chi connectivity index (χ0n) is 22.4. The second-order valence-corrected chi connectivity index (χ2v) is 9.24. The number of alkyl halides is 3. The van der Waals surface area contributed by atoms with E-state index in [1.54, 1.807) is 24.3 Å². The molecule has 4 aromatic rings. The summed E-state index contributed by atoms with van der Waals surface area (Å²) in [7, 11) is 0.